The van der Waals surface area contributed by atoms with Crippen LogP contribution < -0.4 is 16.0 Å². The Balaban J connectivity index is -0.000000865. The van der Waals surface area contributed by atoms with E-state index in [1.165, 1.54) is 103 Å². The van der Waals surface area contributed by atoms with Crippen molar-refractivity contribution in [3.8, 4) is 0 Å². The molecule has 0 saturated heterocycles. The predicted molar refractivity (Wildman–Crippen MR) is 223 cm³/mol. The average Bonchev–Trinajstić information content (AvgIpc) is 3.15. The molecule has 0 radical (unpaired) electrons. The highest BCUT2D eigenvalue weighted by Gasteiger charge is 2.24. The monoisotopic (exact) mass is 862 g/mol. The number of carboxylic acid groups (broad SMARTS) is 6. The summed E-state index contributed by atoms with van der Waals surface area (Å²) >= 11 is 0. The minimum Gasteiger partial charge on any atom is -0.481 e. The molecule has 0 aliphatic carbocycles. The maximum Gasteiger partial charge on any atom is 0.326 e. The molecule has 0 aromatic heterocycles. The van der Waals surface area contributed by atoms with Crippen molar-refractivity contribution >= 4 is 53.5 Å². The molecule has 0 aromatic rings. The van der Waals surface area contributed by atoms with E-state index in [2.05, 4.69) is 24.5 Å². The molecule has 0 spiro atoms. The van der Waals surface area contributed by atoms with Crippen LogP contribution in [0.4, 0.5) is 0 Å². The summed E-state index contributed by atoms with van der Waals surface area (Å²) in [6, 6.07) is -4.04. The highest BCUT2D eigenvalue weighted by Crippen LogP contribution is 2.13. The Bertz CT molecular complexity index is 1230. The lowest BCUT2D eigenvalue weighted by Gasteiger charge is -2.12. The molecule has 9 N–H and O–H groups in total. The van der Waals surface area contributed by atoms with Gasteiger partial charge < -0.3 is 46.6 Å². The zero-order chi connectivity index (χ0) is 46.1. The number of hydrogen-bond acceptors (Lipinski definition) is 9. The fraction of sp³-hybridized carbons (Fsp3) is 0.786. The van der Waals surface area contributed by atoms with E-state index in [0.29, 0.717) is 12.8 Å². The van der Waals surface area contributed by atoms with Gasteiger partial charge in [0.15, 0.2) is 0 Å². The minimum atomic E-state index is -1.35. The summed E-state index contributed by atoms with van der Waals surface area (Å²) in [5.41, 5.74) is 0. The molecule has 3 amide bonds. The van der Waals surface area contributed by atoms with E-state index in [-0.39, 0.29) is 18.7 Å². The highest BCUT2D eigenvalue weighted by atomic mass is 16.4. The summed E-state index contributed by atoms with van der Waals surface area (Å²) in [6.45, 7) is 5.55. The highest BCUT2D eigenvalue weighted by molar-refractivity contribution is 5.88. The van der Waals surface area contributed by atoms with Gasteiger partial charge in [-0.3, -0.25) is 28.8 Å². The maximum absolute atomic E-state index is 11.7. The third-order valence-corrected chi connectivity index (χ3v) is 9.09. The summed E-state index contributed by atoms with van der Waals surface area (Å²) in [5.74, 6) is -9.07. The summed E-state index contributed by atoms with van der Waals surface area (Å²) in [6.07, 6.45) is 24.7. The number of amides is 3. The standard InChI is InChI=1S/C20H37NO5.C16H29NO5.C6H9NO5/c1-2-3-4-5-6-7-8-9-10-11-12-13-14-15-18(22)21-17(20(25)26)16-19(23)24;1-2-3-4-5-6-7-8-9-10-11-14(18)17-13(16(21)22)12-15(19)20;1-3(8)7-4(6(11)12)2-5(9)10/h17H,2-16H2,1H3,(H,21,22)(H,23,24)(H,25,26);13H,2-12H2,1H3,(H,17,18)(H,19,20)(H,21,22);4H,2H2,1H3,(H,7,8)(H,9,10)(H,11,12)/t17-;13-;4-/m000/s1. The van der Waals surface area contributed by atoms with E-state index >= 15 is 0 Å². The first kappa shape index (κ1) is 59.5. The van der Waals surface area contributed by atoms with E-state index in [4.69, 9.17) is 30.6 Å². The van der Waals surface area contributed by atoms with Crippen LogP contribution >= 0.6 is 0 Å². The molecule has 0 rings (SSSR count). The first-order valence-corrected chi connectivity index (χ1v) is 21.6. The molecule has 0 bridgehead atoms. The summed E-state index contributed by atoms with van der Waals surface area (Å²) in [5, 5.41) is 58.1. The Hall–Kier alpha value is -4.77. The Morgan fingerprint density at radius 3 is 0.767 bits per heavy atom. The first-order valence-electron chi connectivity index (χ1n) is 21.6. The van der Waals surface area contributed by atoms with E-state index in [1.807, 2.05) is 5.32 Å². The van der Waals surface area contributed by atoms with Crippen LogP contribution in [0.15, 0.2) is 0 Å². The normalized spacial score (nSPS) is 11.8. The van der Waals surface area contributed by atoms with Gasteiger partial charge in [-0.1, -0.05) is 142 Å². The second kappa shape index (κ2) is 41.0. The van der Waals surface area contributed by atoms with Crippen LogP contribution in [0.3, 0.4) is 0 Å². The molecule has 3 atom stereocenters. The van der Waals surface area contributed by atoms with Gasteiger partial charge in [0.05, 0.1) is 19.3 Å². The molecule has 0 fully saturated rings. The van der Waals surface area contributed by atoms with Crippen molar-refractivity contribution in [3.05, 3.63) is 0 Å². The molecule has 0 heterocycles. The Labute approximate surface area is 355 Å². The van der Waals surface area contributed by atoms with Crippen LogP contribution in [0, 0.1) is 0 Å². The number of unbranched alkanes of at least 4 members (excludes halogenated alkanes) is 20. The van der Waals surface area contributed by atoms with E-state index < -0.39 is 85.0 Å². The molecule has 0 unspecified atom stereocenters. The SMILES string of the molecule is CC(=O)N[C@@H](CC(=O)O)C(=O)O.CCCCCCCCCCCC(=O)N[C@@H](CC(=O)O)C(=O)O.CCCCCCCCCCCCCCCC(=O)N[C@@H](CC(=O)O)C(=O)O. The lowest BCUT2D eigenvalue weighted by atomic mass is 10.0. The largest absolute Gasteiger partial charge is 0.481 e. The molecule has 348 valence electrons. The van der Waals surface area contributed by atoms with Crippen molar-refractivity contribution in [2.24, 2.45) is 0 Å². The molecule has 60 heavy (non-hydrogen) atoms. The number of carbonyl (C=O) groups excluding carboxylic acids is 3. The van der Waals surface area contributed by atoms with Crippen LogP contribution in [0.25, 0.3) is 0 Å². The minimum absolute atomic E-state index is 0.249. The quantitative estimate of drug-likeness (QED) is 0.0303. The van der Waals surface area contributed by atoms with Crippen LogP contribution in [-0.4, -0.2) is 102 Å². The number of hydrogen-bond donors (Lipinski definition) is 9. The number of aliphatic carboxylic acids is 6. The van der Waals surface area contributed by atoms with Gasteiger partial charge in [-0.05, 0) is 12.8 Å². The van der Waals surface area contributed by atoms with Gasteiger partial charge in [-0.25, -0.2) is 14.4 Å². The second-order valence-electron chi connectivity index (χ2n) is 14.9. The number of rotatable bonds is 36. The van der Waals surface area contributed by atoms with Crippen LogP contribution in [-0.2, 0) is 43.2 Å². The van der Waals surface area contributed by atoms with Crippen molar-refractivity contribution in [3.63, 3.8) is 0 Å². The van der Waals surface area contributed by atoms with Crippen molar-refractivity contribution in [1.82, 2.24) is 16.0 Å². The summed E-state index contributed by atoms with van der Waals surface area (Å²) in [7, 11) is 0. The second-order valence-corrected chi connectivity index (χ2v) is 14.9. The molecule has 0 aliphatic rings. The fourth-order valence-corrected chi connectivity index (χ4v) is 5.80. The third kappa shape index (κ3) is 44.3. The number of carbonyl (C=O) groups is 9. The predicted octanol–water partition coefficient (Wildman–Crippen LogP) is 6.51. The lowest BCUT2D eigenvalue weighted by Crippen LogP contribution is -2.42. The molecule has 0 saturated carbocycles. The fourth-order valence-electron chi connectivity index (χ4n) is 5.80. The summed E-state index contributed by atoms with van der Waals surface area (Å²) in [4.78, 5) is 96.8. The third-order valence-electron chi connectivity index (χ3n) is 9.09. The zero-order valence-corrected chi connectivity index (χ0v) is 36.2. The van der Waals surface area contributed by atoms with Gasteiger partial charge in [0, 0.05) is 19.8 Å². The van der Waals surface area contributed by atoms with Gasteiger partial charge in [-0.15, -0.1) is 0 Å². The topological polar surface area (TPSA) is 311 Å². The summed E-state index contributed by atoms with van der Waals surface area (Å²) < 4.78 is 0. The van der Waals surface area contributed by atoms with Crippen molar-refractivity contribution < 1.29 is 73.8 Å². The van der Waals surface area contributed by atoms with Crippen molar-refractivity contribution in [1.29, 1.82) is 0 Å². The van der Waals surface area contributed by atoms with Gasteiger partial charge in [0.2, 0.25) is 17.7 Å². The Kier molecular flexibility index (Phi) is 40.7. The van der Waals surface area contributed by atoms with E-state index in [1.54, 1.807) is 0 Å². The van der Waals surface area contributed by atoms with Crippen molar-refractivity contribution in [2.45, 2.75) is 212 Å². The number of nitrogens with one attached hydrogen (secondary N) is 3. The Morgan fingerprint density at radius 1 is 0.350 bits per heavy atom. The molecule has 18 nitrogen and oxygen atoms in total. The lowest BCUT2D eigenvalue weighted by molar-refractivity contribution is -0.147. The molecule has 18 heteroatoms. The van der Waals surface area contributed by atoms with Gasteiger partial charge in [0.1, 0.15) is 18.1 Å². The van der Waals surface area contributed by atoms with Crippen LogP contribution in [0.5, 0.6) is 0 Å². The maximum atomic E-state index is 11.7. The zero-order valence-electron chi connectivity index (χ0n) is 36.2. The molecule has 0 aliphatic heterocycles. The van der Waals surface area contributed by atoms with Crippen molar-refractivity contribution in [2.75, 3.05) is 0 Å². The smallest absolute Gasteiger partial charge is 0.326 e. The van der Waals surface area contributed by atoms with Gasteiger partial charge in [0.25, 0.3) is 0 Å². The van der Waals surface area contributed by atoms with Gasteiger partial charge in [-0.2, -0.15) is 0 Å². The molecule has 0 aromatic carbocycles. The van der Waals surface area contributed by atoms with E-state index in [0.717, 1.165) is 32.6 Å². The number of carboxylic acids is 6. The first-order chi connectivity index (χ1) is 28.4. The molecular formula is C42H75N3O15. The average molecular weight is 862 g/mol. The Morgan fingerprint density at radius 2 is 0.567 bits per heavy atom. The van der Waals surface area contributed by atoms with Crippen LogP contribution in [0.1, 0.15) is 194 Å². The van der Waals surface area contributed by atoms with E-state index in [9.17, 15) is 43.2 Å². The molecular weight excluding hydrogens is 786 g/mol. The van der Waals surface area contributed by atoms with Gasteiger partial charge >= 0.3 is 35.8 Å². The van der Waals surface area contributed by atoms with Crippen LogP contribution in [0.2, 0.25) is 0 Å².